The molecule has 0 heterocycles. The van der Waals surface area contributed by atoms with Crippen molar-refractivity contribution in [3.05, 3.63) is 23.8 Å². The number of nitrogens with two attached hydrogens (primary N) is 2. The van der Waals surface area contributed by atoms with Crippen LogP contribution < -0.4 is 16.8 Å². The predicted octanol–water partition coefficient (Wildman–Crippen LogP) is 2.75. The molecule has 0 saturated heterocycles. The van der Waals surface area contributed by atoms with E-state index in [0.717, 1.165) is 5.69 Å². The van der Waals surface area contributed by atoms with Crippen molar-refractivity contribution in [3.8, 4) is 0 Å². The average Bonchev–Trinajstić information content (AvgIpc) is 2.57. The maximum atomic E-state index is 11.1. The van der Waals surface area contributed by atoms with Gasteiger partial charge in [-0.2, -0.15) is 0 Å². The molecule has 1 amide bonds. The second-order valence-corrected chi connectivity index (χ2v) is 5.53. The van der Waals surface area contributed by atoms with E-state index in [1.807, 2.05) is 6.07 Å². The van der Waals surface area contributed by atoms with Crippen LogP contribution in [-0.2, 0) is 0 Å². The quantitative estimate of drug-likeness (QED) is 0.578. The molecule has 0 aromatic heterocycles. The number of nitrogens with one attached hydrogen (secondary N) is 1. The van der Waals surface area contributed by atoms with Crippen molar-refractivity contribution in [1.82, 2.24) is 0 Å². The van der Waals surface area contributed by atoms with Gasteiger partial charge >= 0.3 is 0 Å². The fraction of sp³-hybridized carbons (Fsp3) is 0.533. The van der Waals surface area contributed by atoms with E-state index in [1.165, 1.54) is 32.1 Å². The molecule has 2 rings (SSSR count). The highest BCUT2D eigenvalue weighted by Gasteiger charge is 2.20. The van der Waals surface area contributed by atoms with Crippen LogP contribution in [0, 0.1) is 5.92 Å². The van der Waals surface area contributed by atoms with Gasteiger partial charge in [0.1, 0.15) is 0 Å². The Morgan fingerprint density at radius 1 is 1.26 bits per heavy atom. The zero-order valence-electron chi connectivity index (χ0n) is 11.5. The summed E-state index contributed by atoms with van der Waals surface area (Å²) in [6.45, 7) is 2.29. The van der Waals surface area contributed by atoms with E-state index in [1.54, 1.807) is 12.1 Å². The number of hydrogen-bond donors (Lipinski definition) is 3. The molecule has 4 nitrogen and oxygen atoms in total. The van der Waals surface area contributed by atoms with Gasteiger partial charge < -0.3 is 16.8 Å². The van der Waals surface area contributed by atoms with Crippen molar-refractivity contribution in [1.29, 1.82) is 0 Å². The summed E-state index contributed by atoms with van der Waals surface area (Å²) in [5.74, 6) is 0.207. The minimum Gasteiger partial charge on any atom is -0.397 e. The standard InChI is InChI=1S/C15H23N3O/c1-10-5-3-2-4-6-13(10)18-14-8-7-11(15(17)19)9-12(14)16/h7-10,13,18H,2-6,16H2,1H3,(H2,17,19). The summed E-state index contributed by atoms with van der Waals surface area (Å²) in [6.07, 6.45) is 6.34. The lowest BCUT2D eigenvalue weighted by Gasteiger charge is -2.25. The lowest BCUT2D eigenvalue weighted by Crippen LogP contribution is -2.26. The highest BCUT2D eigenvalue weighted by Crippen LogP contribution is 2.28. The van der Waals surface area contributed by atoms with Gasteiger partial charge in [-0.05, 0) is 37.0 Å². The first-order valence-electron chi connectivity index (χ1n) is 7.04. The van der Waals surface area contributed by atoms with E-state index >= 15 is 0 Å². The highest BCUT2D eigenvalue weighted by atomic mass is 16.1. The Balaban J connectivity index is 2.11. The van der Waals surface area contributed by atoms with E-state index in [2.05, 4.69) is 12.2 Å². The molecule has 0 aliphatic heterocycles. The minimum absolute atomic E-state index is 0.443. The van der Waals surface area contributed by atoms with Gasteiger partial charge in [0.05, 0.1) is 11.4 Å². The first-order chi connectivity index (χ1) is 9.08. The van der Waals surface area contributed by atoms with Crippen LogP contribution in [0.3, 0.4) is 0 Å². The molecular formula is C15H23N3O. The zero-order valence-corrected chi connectivity index (χ0v) is 11.5. The third-order valence-corrected chi connectivity index (χ3v) is 4.04. The van der Waals surface area contributed by atoms with Gasteiger partial charge in [-0.15, -0.1) is 0 Å². The van der Waals surface area contributed by atoms with E-state index in [0.29, 0.717) is 23.2 Å². The van der Waals surface area contributed by atoms with Crippen molar-refractivity contribution in [2.24, 2.45) is 11.7 Å². The molecule has 1 aliphatic rings. The second kappa shape index (κ2) is 5.95. The fourth-order valence-corrected chi connectivity index (χ4v) is 2.75. The van der Waals surface area contributed by atoms with Gasteiger partial charge in [0.15, 0.2) is 0 Å². The monoisotopic (exact) mass is 261 g/mol. The van der Waals surface area contributed by atoms with Crippen LogP contribution in [0.15, 0.2) is 18.2 Å². The molecule has 2 unspecified atom stereocenters. The number of amides is 1. The van der Waals surface area contributed by atoms with Crippen molar-refractivity contribution in [2.75, 3.05) is 11.1 Å². The molecule has 5 N–H and O–H groups in total. The van der Waals surface area contributed by atoms with E-state index in [-0.39, 0.29) is 0 Å². The Bertz CT molecular complexity index is 459. The van der Waals surface area contributed by atoms with Crippen LogP contribution >= 0.6 is 0 Å². The van der Waals surface area contributed by atoms with Crippen molar-refractivity contribution in [3.63, 3.8) is 0 Å². The number of anilines is 2. The number of nitrogen functional groups attached to an aromatic ring is 1. The summed E-state index contributed by atoms with van der Waals surface area (Å²) >= 11 is 0. The van der Waals surface area contributed by atoms with Gasteiger partial charge in [0.2, 0.25) is 5.91 Å². The number of rotatable bonds is 3. The van der Waals surface area contributed by atoms with Gasteiger partial charge in [-0.25, -0.2) is 0 Å². The Labute approximate surface area is 114 Å². The average molecular weight is 261 g/mol. The van der Waals surface area contributed by atoms with Gasteiger partial charge in [0.25, 0.3) is 0 Å². The molecule has 0 bridgehead atoms. The number of carbonyl (C=O) groups is 1. The minimum atomic E-state index is -0.443. The van der Waals surface area contributed by atoms with Crippen LogP contribution in [0.1, 0.15) is 49.4 Å². The molecule has 1 aliphatic carbocycles. The molecule has 1 saturated carbocycles. The van der Waals surface area contributed by atoms with E-state index < -0.39 is 5.91 Å². The third-order valence-electron chi connectivity index (χ3n) is 4.04. The van der Waals surface area contributed by atoms with Crippen LogP contribution in [0.5, 0.6) is 0 Å². The lowest BCUT2D eigenvalue weighted by atomic mass is 9.96. The van der Waals surface area contributed by atoms with E-state index in [9.17, 15) is 4.79 Å². The van der Waals surface area contributed by atoms with Crippen LogP contribution in [0.25, 0.3) is 0 Å². The largest absolute Gasteiger partial charge is 0.397 e. The Morgan fingerprint density at radius 3 is 2.68 bits per heavy atom. The van der Waals surface area contributed by atoms with E-state index in [4.69, 9.17) is 11.5 Å². The molecule has 1 aromatic rings. The first-order valence-corrected chi connectivity index (χ1v) is 7.04. The molecule has 4 heteroatoms. The SMILES string of the molecule is CC1CCCCCC1Nc1ccc(C(N)=O)cc1N. The number of benzene rings is 1. The summed E-state index contributed by atoms with van der Waals surface area (Å²) < 4.78 is 0. The number of hydrogen-bond acceptors (Lipinski definition) is 3. The predicted molar refractivity (Wildman–Crippen MR) is 79.0 cm³/mol. The molecule has 0 radical (unpaired) electrons. The van der Waals surface area contributed by atoms with Crippen LogP contribution in [0.4, 0.5) is 11.4 Å². The van der Waals surface area contributed by atoms with Crippen molar-refractivity contribution < 1.29 is 4.79 Å². The van der Waals surface area contributed by atoms with Gasteiger partial charge in [-0.1, -0.05) is 26.2 Å². The molecular weight excluding hydrogens is 238 g/mol. The summed E-state index contributed by atoms with van der Waals surface area (Å²) in [7, 11) is 0. The molecule has 0 spiro atoms. The molecule has 2 atom stereocenters. The van der Waals surface area contributed by atoms with Crippen LogP contribution in [0.2, 0.25) is 0 Å². The maximum absolute atomic E-state index is 11.1. The summed E-state index contributed by atoms with van der Waals surface area (Å²) in [5.41, 5.74) is 13.2. The topological polar surface area (TPSA) is 81.1 Å². The smallest absolute Gasteiger partial charge is 0.248 e. The normalized spacial score (nSPS) is 23.6. The summed E-state index contributed by atoms with van der Waals surface area (Å²) in [5, 5.41) is 3.53. The van der Waals surface area contributed by atoms with Gasteiger partial charge in [-0.3, -0.25) is 4.79 Å². The molecule has 19 heavy (non-hydrogen) atoms. The Morgan fingerprint density at radius 2 is 2.00 bits per heavy atom. The van der Waals surface area contributed by atoms with Crippen molar-refractivity contribution >= 4 is 17.3 Å². The summed E-state index contributed by atoms with van der Waals surface area (Å²) in [4.78, 5) is 11.1. The first kappa shape index (κ1) is 13.7. The molecule has 104 valence electrons. The second-order valence-electron chi connectivity index (χ2n) is 5.53. The van der Waals surface area contributed by atoms with Crippen molar-refractivity contribution in [2.45, 2.75) is 45.1 Å². The Kier molecular flexibility index (Phi) is 4.30. The van der Waals surface area contributed by atoms with Gasteiger partial charge in [0, 0.05) is 11.6 Å². The molecule has 1 fully saturated rings. The number of carbonyl (C=O) groups excluding carboxylic acids is 1. The third kappa shape index (κ3) is 3.40. The van der Waals surface area contributed by atoms with Crippen LogP contribution in [-0.4, -0.2) is 11.9 Å². The fourth-order valence-electron chi connectivity index (χ4n) is 2.75. The maximum Gasteiger partial charge on any atom is 0.248 e. The zero-order chi connectivity index (χ0) is 13.8. The number of primary amides is 1. The lowest BCUT2D eigenvalue weighted by molar-refractivity contribution is 0.100. The highest BCUT2D eigenvalue weighted by molar-refractivity contribution is 5.94. The summed E-state index contributed by atoms with van der Waals surface area (Å²) in [6, 6.07) is 5.69. The molecule has 1 aromatic carbocycles. The Hall–Kier alpha value is -1.71.